The van der Waals surface area contributed by atoms with Crippen molar-refractivity contribution >= 4 is 44.9 Å². The van der Waals surface area contributed by atoms with Crippen molar-refractivity contribution in [2.24, 2.45) is 5.10 Å². The van der Waals surface area contributed by atoms with Gasteiger partial charge in [0.2, 0.25) is 16.8 Å². The maximum atomic E-state index is 12.2. The minimum atomic E-state index is -3.59. The van der Waals surface area contributed by atoms with Crippen molar-refractivity contribution in [3.05, 3.63) is 52.1 Å². The minimum Gasteiger partial charge on any atom is -0.454 e. The fourth-order valence-electron chi connectivity index (χ4n) is 2.47. The number of nitro groups is 1. The van der Waals surface area contributed by atoms with Crippen LogP contribution in [0.1, 0.15) is 5.56 Å². The Morgan fingerprint density at radius 2 is 1.97 bits per heavy atom. The number of benzene rings is 2. The Labute approximate surface area is 177 Å². The number of fused-ring (bicyclic) bond motifs is 1. The fourth-order valence-corrected chi connectivity index (χ4v) is 3.59. The van der Waals surface area contributed by atoms with E-state index in [1.165, 1.54) is 44.6 Å². The van der Waals surface area contributed by atoms with Crippen molar-refractivity contribution in [2.75, 3.05) is 26.2 Å². The van der Waals surface area contributed by atoms with Crippen LogP contribution in [-0.4, -0.2) is 49.9 Å². The minimum absolute atomic E-state index is 0.0120. The second-order valence-corrected chi connectivity index (χ2v) is 8.72. The van der Waals surface area contributed by atoms with Gasteiger partial charge in [0.1, 0.15) is 0 Å². The third-order valence-corrected chi connectivity index (χ3v) is 5.96. The van der Waals surface area contributed by atoms with Gasteiger partial charge in [-0.3, -0.25) is 15.5 Å². The Morgan fingerprint density at radius 1 is 1.27 bits per heavy atom. The number of hydrogen-bond donors (Lipinski definition) is 2. The molecule has 3 rings (SSSR count). The zero-order valence-corrected chi connectivity index (χ0v) is 17.5. The van der Waals surface area contributed by atoms with E-state index in [0.29, 0.717) is 11.4 Å². The summed E-state index contributed by atoms with van der Waals surface area (Å²) in [6.45, 7) is -0.0120. The number of nitrogens with one attached hydrogen (secondary N) is 2. The molecule has 2 N–H and O–H groups in total. The lowest BCUT2D eigenvalue weighted by molar-refractivity contribution is -0.385. The normalized spacial score (nSPS) is 12.9. The average Bonchev–Trinajstić information content (AvgIpc) is 3.14. The van der Waals surface area contributed by atoms with Crippen molar-refractivity contribution in [1.82, 2.24) is 9.73 Å². The number of hydrogen-bond acceptors (Lipinski definition) is 8. The van der Waals surface area contributed by atoms with Crippen molar-refractivity contribution in [2.45, 2.75) is 4.90 Å². The molecule has 0 spiro atoms. The molecule has 0 aliphatic carbocycles. The number of thiocarbonyl (C=S) groups is 1. The zero-order valence-electron chi connectivity index (χ0n) is 15.9. The number of rotatable bonds is 6. The molecule has 1 aliphatic heterocycles. The van der Waals surface area contributed by atoms with Crippen molar-refractivity contribution in [1.29, 1.82) is 0 Å². The first-order valence-corrected chi connectivity index (χ1v) is 10.2. The Hall–Kier alpha value is -3.29. The molecular formula is C17H17N5O6S2. The standard InChI is InChI=1S/C17H17N5O6S2/c1-21(2)30(25,26)13-5-3-4-12(7-13)19-17(29)20-18-9-11-6-15-16(28-10-27-15)8-14(11)22(23)24/h3-9H,10H2,1-2H3,(H2,19,20,29)/b18-9-. The zero-order chi connectivity index (χ0) is 21.9. The van der Waals surface area contributed by atoms with Gasteiger partial charge < -0.3 is 14.8 Å². The molecule has 1 aliphatic rings. The molecule has 0 amide bonds. The lowest BCUT2D eigenvalue weighted by Crippen LogP contribution is -2.25. The third kappa shape index (κ3) is 4.64. The van der Waals surface area contributed by atoms with Crippen LogP contribution in [0, 0.1) is 10.1 Å². The smallest absolute Gasteiger partial charge is 0.282 e. The Bertz CT molecular complexity index is 1130. The predicted molar refractivity (Wildman–Crippen MR) is 113 cm³/mol. The second-order valence-electron chi connectivity index (χ2n) is 6.16. The number of anilines is 1. The number of nitro benzene ring substituents is 1. The summed E-state index contributed by atoms with van der Waals surface area (Å²) in [5, 5.41) is 18.0. The molecule has 158 valence electrons. The molecule has 30 heavy (non-hydrogen) atoms. The molecule has 0 fully saturated rings. The monoisotopic (exact) mass is 451 g/mol. The van der Waals surface area contributed by atoms with Crippen LogP contribution in [0.2, 0.25) is 0 Å². The van der Waals surface area contributed by atoms with Gasteiger partial charge in [0, 0.05) is 19.8 Å². The fraction of sp³-hybridized carbons (Fsp3) is 0.176. The SMILES string of the molecule is CN(C)S(=O)(=O)c1cccc(NC(=S)N/N=C\c2cc3c(cc2[N+](=O)[O-])OCO3)c1. The van der Waals surface area contributed by atoms with Gasteiger partial charge in [-0.15, -0.1) is 0 Å². The molecule has 0 saturated heterocycles. The second kappa shape index (κ2) is 8.61. The summed E-state index contributed by atoms with van der Waals surface area (Å²) >= 11 is 5.13. The topological polar surface area (TPSA) is 135 Å². The maximum Gasteiger partial charge on any atom is 0.282 e. The van der Waals surface area contributed by atoms with E-state index in [9.17, 15) is 18.5 Å². The maximum absolute atomic E-state index is 12.2. The van der Waals surface area contributed by atoms with Gasteiger partial charge in [-0.2, -0.15) is 5.10 Å². The number of sulfonamides is 1. The molecule has 1 heterocycles. The highest BCUT2D eigenvalue weighted by Gasteiger charge is 2.22. The molecule has 0 saturated carbocycles. The highest BCUT2D eigenvalue weighted by Crippen LogP contribution is 2.37. The molecule has 0 atom stereocenters. The number of hydrazone groups is 1. The van der Waals surface area contributed by atoms with E-state index in [4.69, 9.17) is 21.7 Å². The molecule has 0 aromatic heterocycles. The summed E-state index contributed by atoms with van der Waals surface area (Å²) in [5.74, 6) is 0.665. The largest absolute Gasteiger partial charge is 0.454 e. The van der Waals surface area contributed by atoms with E-state index >= 15 is 0 Å². The quantitative estimate of drug-likeness (QED) is 0.292. The van der Waals surface area contributed by atoms with Crippen LogP contribution >= 0.6 is 12.2 Å². The van der Waals surface area contributed by atoms with Crippen LogP contribution in [0.4, 0.5) is 11.4 Å². The van der Waals surface area contributed by atoms with Gasteiger partial charge in [0.25, 0.3) is 5.69 Å². The van der Waals surface area contributed by atoms with E-state index in [0.717, 1.165) is 4.31 Å². The van der Waals surface area contributed by atoms with Crippen LogP contribution in [0.15, 0.2) is 46.4 Å². The van der Waals surface area contributed by atoms with Gasteiger partial charge in [0.15, 0.2) is 16.6 Å². The summed E-state index contributed by atoms with van der Waals surface area (Å²) < 4.78 is 35.9. The third-order valence-electron chi connectivity index (χ3n) is 3.96. The molecule has 0 unspecified atom stereocenters. The molecule has 0 bridgehead atoms. The van der Waals surface area contributed by atoms with Gasteiger partial charge in [-0.1, -0.05) is 6.07 Å². The summed E-state index contributed by atoms with van der Waals surface area (Å²) in [5.41, 5.74) is 2.95. The molecule has 0 radical (unpaired) electrons. The first kappa shape index (κ1) is 21.4. The summed E-state index contributed by atoms with van der Waals surface area (Å²) in [6, 6.07) is 8.80. The van der Waals surface area contributed by atoms with Crippen molar-refractivity contribution in [3.63, 3.8) is 0 Å². The van der Waals surface area contributed by atoms with Crippen LogP contribution in [0.3, 0.4) is 0 Å². The highest BCUT2D eigenvalue weighted by molar-refractivity contribution is 7.89. The van der Waals surface area contributed by atoms with Crippen LogP contribution < -0.4 is 20.2 Å². The molecule has 11 nitrogen and oxygen atoms in total. The number of ether oxygens (including phenoxy) is 2. The van der Waals surface area contributed by atoms with Crippen LogP contribution in [0.5, 0.6) is 11.5 Å². The van der Waals surface area contributed by atoms with E-state index < -0.39 is 14.9 Å². The van der Waals surface area contributed by atoms with E-state index in [-0.39, 0.29) is 33.8 Å². The van der Waals surface area contributed by atoms with E-state index in [1.54, 1.807) is 12.1 Å². The van der Waals surface area contributed by atoms with Crippen molar-refractivity contribution < 1.29 is 22.8 Å². The molecule has 2 aromatic rings. The summed E-state index contributed by atoms with van der Waals surface area (Å²) in [4.78, 5) is 10.8. The lowest BCUT2D eigenvalue weighted by atomic mass is 10.1. The lowest BCUT2D eigenvalue weighted by Gasteiger charge is -2.13. The molecule has 2 aromatic carbocycles. The first-order chi connectivity index (χ1) is 14.2. The van der Waals surface area contributed by atoms with Gasteiger partial charge in [0.05, 0.1) is 27.7 Å². The van der Waals surface area contributed by atoms with Gasteiger partial charge in [-0.05, 0) is 36.5 Å². The van der Waals surface area contributed by atoms with Gasteiger partial charge >= 0.3 is 0 Å². The predicted octanol–water partition coefficient (Wildman–Crippen LogP) is 1.89. The van der Waals surface area contributed by atoms with Crippen LogP contribution in [-0.2, 0) is 10.0 Å². The first-order valence-electron chi connectivity index (χ1n) is 8.39. The molecule has 13 heteroatoms. The Balaban J connectivity index is 1.70. The summed E-state index contributed by atoms with van der Waals surface area (Å²) in [7, 11) is -0.720. The van der Waals surface area contributed by atoms with Crippen molar-refractivity contribution in [3.8, 4) is 11.5 Å². The van der Waals surface area contributed by atoms with E-state index in [1.807, 2.05) is 0 Å². The number of nitrogens with zero attached hydrogens (tertiary/aromatic N) is 3. The van der Waals surface area contributed by atoms with Crippen LogP contribution in [0.25, 0.3) is 0 Å². The highest BCUT2D eigenvalue weighted by atomic mass is 32.2. The van der Waals surface area contributed by atoms with E-state index in [2.05, 4.69) is 15.8 Å². The summed E-state index contributed by atoms with van der Waals surface area (Å²) in [6.07, 6.45) is 1.22. The molecular weight excluding hydrogens is 434 g/mol. The Morgan fingerprint density at radius 3 is 2.63 bits per heavy atom. The Kier molecular flexibility index (Phi) is 6.14. The van der Waals surface area contributed by atoms with Gasteiger partial charge in [-0.25, -0.2) is 12.7 Å². The average molecular weight is 451 g/mol.